The number of benzene rings is 3. The van der Waals surface area contributed by atoms with E-state index in [0.717, 1.165) is 27.7 Å². The first kappa shape index (κ1) is 26.0. The van der Waals surface area contributed by atoms with Gasteiger partial charge in [-0.1, -0.05) is 24.3 Å². The van der Waals surface area contributed by atoms with Gasteiger partial charge in [0, 0.05) is 29.3 Å². The third-order valence-electron chi connectivity index (χ3n) is 6.59. The molecular formula is C30H31NO6. The summed E-state index contributed by atoms with van der Waals surface area (Å²) in [5.41, 5.74) is 3.67. The lowest BCUT2D eigenvalue weighted by Crippen LogP contribution is -2.34. The minimum absolute atomic E-state index is 0.0531. The van der Waals surface area contributed by atoms with Gasteiger partial charge in [0.2, 0.25) is 0 Å². The number of hydrogen-bond acceptors (Lipinski definition) is 5. The predicted octanol–water partition coefficient (Wildman–Crippen LogP) is 5.63. The second-order valence-electron chi connectivity index (χ2n) is 9.41. The highest BCUT2D eigenvalue weighted by molar-refractivity contribution is 6.17. The average molecular weight is 502 g/mol. The highest BCUT2D eigenvalue weighted by Gasteiger charge is 2.28. The zero-order valence-corrected chi connectivity index (χ0v) is 21.7. The number of carbonyl (C=O) groups is 2. The summed E-state index contributed by atoms with van der Waals surface area (Å²) in [6.45, 7) is 5.76. The molecule has 1 N–H and O–H groups in total. The zero-order chi connectivity index (χ0) is 26.7. The van der Waals surface area contributed by atoms with Crippen molar-refractivity contribution in [3.8, 4) is 11.5 Å². The molecule has 1 heterocycles. The monoisotopic (exact) mass is 501 g/mol. The molecule has 0 bridgehead atoms. The van der Waals surface area contributed by atoms with E-state index in [1.165, 1.54) is 13.8 Å². The standard InChI is InChI=1S/C30H31NO6/c1-19-27(28(32)22-10-12-23(35-4)13-11-22)25-15-14-24(36-5)16-26(25)31(19)17-20-6-8-21(9-7-20)18-37-30(2,3)29(33)34/h6-16H,17-18H2,1-5H3,(H,33,34). The fourth-order valence-electron chi connectivity index (χ4n) is 4.21. The highest BCUT2D eigenvalue weighted by atomic mass is 16.5. The lowest BCUT2D eigenvalue weighted by atomic mass is 10.0. The number of aliphatic carboxylic acids is 1. The minimum Gasteiger partial charge on any atom is -0.497 e. The molecule has 0 aliphatic carbocycles. The Hall–Kier alpha value is -4.10. The number of nitrogens with zero attached hydrogens (tertiary/aromatic N) is 1. The lowest BCUT2D eigenvalue weighted by molar-refractivity contribution is -0.162. The summed E-state index contributed by atoms with van der Waals surface area (Å²) in [5.74, 6) is 0.348. The fraction of sp³-hybridized carbons (Fsp3) is 0.267. The highest BCUT2D eigenvalue weighted by Crippen LogP contribution is 2.32. The van der Waals surface area contributed by atoms with Crippen molar-refractivity contribution in [3.63, 3.8) is 0 Å². The summed E-state index contributed by atoms with van der Waals surface area (Å²) in [5, 5.41) is 10.1. The summed E-state index contributed by atoms with van der Waals surface area (Å²) < 4.78 is 18.4. The fourth-order valence-corrected chi connectivity index (χ4v) is 4.21. The number of carbonyl (C=O) groups excluding carboxylic acids is 1. The van der Waals surface area contributed by atoms with Crippen LogP contribution in [0.2, 0.25) is 0 Å². The van der Waals surface area contributed by atoms with Gasteiger partial charge in [-0.2, -0.15) is 0 Å². The van der Waals surface area contributed by atoms with Crippen LogP contribution in [0.25, 0.3) is 10.9 Å². The maximum Gasteiger partial charge on any atom is 0.335 e. The van der Waals surface area contributed by atoms with Crippen LogP contribution < -0.4 is 9.47 Å². The summed E-state index contributed by atoms with van der Waals surface area (Å²) in [7, 11) is 3.22. The van der Waals surface area contributed by atoms with Crippen molar-refractivity contribution in [1.82, 2.24) is 4.57 Å². The van der Waals surface area contributed by atoms with Crippen molar-refractivity contribution in [2.75, 3.05) is 14.2 Å². The molecule has 0 amide bonds. The smallest absolute Gasteiger partial charge is 0.335 e. The number of aromatic nitrogens is 1. The van der Waals surface area contributed by atoms with Crippen LogP contribution in [0.4, 0.5) is 0 Å². The molecule has 0 aliphatic rings. The molecule has 0 unspecified atom stereocenters. The van der Waals surface area contributed by atoms with Crippen LogP contribution in [-0.2, 0) is 22.7 Å². The van der Waals surface area contributed by atoms with Crippen LogP contribution in [0.3, 0.4) is 0 Å². The Morgan fingerprint density at radius 1 is 0.865 bits per heavy atom. The van der Waals surface area contributed by atoms with E-state index in [4.69, 9.17) is 14.2 Å². The normalized spacial score (nSPS) is 11.5. The van der Waals surface area contributed by atoms with E-state index in [-0.39, 0.29) is 12.4 Å². The van der Waals surface area contributed by atoms with E-state index in [1.807, 2.05) is 49.4 Å². The first-order chi connectivity index (χ1) is 17.6. The molecule has 37 heavy (non-hydrogen) atoms. The number of hydrogen-bond donors (Lipinski definition) is 1. The van der Waals surface area contributed by atoms with Gasteiger partial charge in [0.15, 0.2) is 11.4 Å². The van der Waals surface area contributed by atoms with E-state index in [1.54, 1.807) is 38.5 Å². The first-order valence-corrected chi connectivity index (χ1v) is 12.0. The van der Waals surface area contributed by atoms with E-state index >= 15 is 0 Å². The van der Waals surface area contributed by atoms with Gasteiger partial charge < -0.3 is 23.9 Å². The predicted molar refractivity (Wildman–Crippen MR) is 142 cm³/mol. The number of carboxylic acids is 1. The largest absolute Gasteiger partial charge is 0.497 e. The molecule has 4 rings (SSSR count). The van der Waals surface area contributed by atoms with Crippen LogP contribution in [0, 0.1) is 6.92 Å². The molecule has 1 aromatic heterocycles. The second-order valence-corrected chi connectivity index (χ2v) is 9.41. The average Bonchev–Trinajstić information content (AvgIpc) is 3.17. The third-order valence-corrected chi connectivity index (χ3v) is 6.59. The molecule has 0 saturated heterocycles. The molecule has 0 aliphatic heterocycles. The van der Waals surface area contributed by atoms with Gasteiger partial charge in [0.25, 0.3) is 0 Å². The van der Waals surface area contributed by atoms with Gasteiger partial charge in [-0.25, -0.2) is 4.79 Å². The topological polar surface area (TPSA) is 87.0 Å². The molecule has 3 aromatic carbocycles. The van der Waals surface area contributed by atoms with Crippen molar-refractivity contribution >= 4 is 22.7 Å². The van der Waals surface area contributed by atoms with Crippen molar-refractivity contribution in [3.05, 3.63) is 94.7 Å². The van der Waals surface area contributed by atoms with Crippen LogP contribution in [-0.4, -0.2) is 41.2 Å². The van der Waals surface area contributed by atoms with Gasteiger partial charge in [0.1, 0.15) is 11.5 Å². The van der Waals surface area contributed by atoms with E-state index in [0.29, 0.717) is 29.2 Å². The molecule has 0 radical (unpaired) electrons. The van der Waals surface area contributed by atoms with Gasteiger partial charge >= 0.3 is 5.97 Å². The summed E-state index contributed by atoms with van der Waals surface area (Å²) in [6, 6.07) is 20.7. The van der Waals surface area contributed by atoms with Crippen molar-refractivity contribution in [2.45, 2.75) is 39.5 Å². The summed E-state index contributed by atoms with van der Waals surface area (Å²) >= 11 is 0. The Bertz CT molecular complexity index is 1430. The molecule has 0 fully saturated rings. The van der Waals surface area contributed by atoms with Gasteiger partial charge in [-0.3, -0.25) is 4.79 Å². The summed E-state index contributed by atoms with van der Waals surface area (Å²) in [4.78, 5) is 24.9. The van der Waals surface area contributed by atoms with E-state index in [2.05, 4.69) is 4.57 Å². The van der Waals surface area contributed by atoms with Crippen LogP contribution in [0.1, 0.15) is 46.6 Å². The van der Waals surface area contributed by atoms with Gasteiger partial charge in [-0.15, -0.1) is 0 Å². The van der Waals surface area contributed by atoms with Crippen LogP contribution >= 0.6 is 0 Å². The molecule has 192 valence electrons. The molecule has 0 saturated carbocycles. The zero-order valence-electron chi connectivity index (χ0n) is 21.7. The van der Waals surface area contributed by atoms with Gasteiger partial charge in [0.05, 0.1) is 31.9 Å². The van der Waals surface area contributed by atoms with Crippen molar-refractivity contribution in [2.24, 2.45) is 0 Å². The van der Waals surface area contributed by atoms with Gasteiger partial charge in [-0.05, 0) is 68.3 Å². The SMILES string of the molecule is COc1ccc(C(=O)c2c(C)n(Cc3ccc(COC(C)(C)C(=O)O)cc3)c3cc(OC)ccc23)cc1. The van der Waals surface area contributed by atoms with E-state index < -0.39 is 11.6 Å². The van der Waals surface area contributed by atoms with Crippen molar-refractivity contribution < 1.29 is 28.9 Å². The Balaban J connectivity index is 1.67. The Morgan fingerprint density at radius 2 is 1.46 bits per heavy atom. The van der Waals surface area contributed by atoms with Crippen LogP contribution in [0.5, 0.6) is 11.5 Å². The number of rotatable bonds is 10. The molecule has 4 aromatic rings. The number of ether oxygens (including phenoxy) is 3. The Kier molecular flexibility index (Phi) is 7.36. The molecule has 7 heteroatoms. The molecule has 0 atom stereocenters. The quantitative estimate of drug-likeness (QED) is 0.284. The van der Waals surface area contributed by atoms with Crippen molar-refractivity contribution in [1.29, 1.82) is 0 Å². The number of methoxy groups -OCH3 is 2. The molecule has 7 nitrogen and oxygen atoms in total. The Morgan fingerprint density at radius 3 is 2.05 bits per heavy atom. The molecule has 0 spiro atoms. The Labute approximate surface area is 216 Å². The first-order valence-electron chi connectivity index (χ1n) is 12.0. The van der Waals surface area contributed by atoms with Crippen LogP contribution in [0.15, 0.2) is 66.7 Å². The minimum atomic E-state index is -1.26. The number of ketones is 1. The summed E-state index contributed by atoms with van der Waals surface area (Å²) in [6.07, 6.45) is 0. The maximum atomic E-state index is 13.6. The van der Waals surface area contributed by atoms with E-state index in [9.17, 15) is 14.7 Å². The number of fused-ring (bicyclic) bond motifs is 1. The maximum absolute atomic E-state index is 13.6. The second kappa shape index (κ2) is 10.5. The third kappa shape index (κ3) is 5.37. The number of carboxylic acid groups (broad SMARTS) is 1. The molecular weight excluding hydrogens is 470 g/mol. The lowest BCUT2D eigenvalue weighted by Gasteiger charge is -2.20.